The molecule has 2 aromatic rings. The van der Waals surface area contributed by atoms with Crippen LogP contribution < -0.4 is 15.4 Å². The fraction of sp³-hybridized carbons (Fsp3) is 0.433. The SMILES string of the molecule is CC[C@@H](SC1=Nc2ccccc2C2=N[C@H](CC(=O)NCc3ccccc3OC)C(=O)N12)C(=O)NC1CCCCC1. The molecule has 2 atom stereocenters. The van der Waals surface area contributed by atoms with Gasteiger partial charge in [0.25, 0.3) is 5.91 Å². The largest absolute Gasteiger partial charge is 0.496 e. The van der Waals surface area contributed by atoms with Gasteiger partial charge in [0.1, 0.15) is 17.6 Å². The van der Waals surface area contributed by atoms with E-state index in [4.69, 9.17) is 14.7 Å². The summed E-state index contributed by atoms with van der Waals surface area (Å²) in [6, 6.07) is 14.3. The van der Waals surface area contributed by atoms with Crippen LogP contribution in [0.1, 0.15) is 63.0 Å². The van der Waals surface area contributed by atoms with Crippen LogP contribution in [-0.4, -0.2) is 58.1 Å². The van der Waals surface area contributed by atoms with Crippen molar-refractivity contribution in [2.75, 3.05) is 7.11 Å². The van der Waals surface area contributed by atoms with Gasteiger partial charge in [-0.2, -0.15) is 0 Å². The van der Waals surface area contributed by atoms with Gasteiger partial charge in [-0.25, -0.2) is 9.89 Å². The summed E-state index contributed by atoms with van der Waals surface area (Å²) >= 11 is 1.29. The van der Waals surface area contributed by atoms with Gasteiger partial charge in [-0.15, -0.1) is 0 Å². The molecule has 1 saturated carbocycles. The molecular formula is C30H35N5O4S. The summed E-state index contributed by atoms with van der Waals surface area (Å²) in [5, 5.41) is 6.11. The van der Waals surface area contributed by atoms with E-state index in [1.54, 1.807) is 7.11 Å². The lowest BCUT2D eigenvalue weighted by atomic mass is 9.95. The number of fused-ring (bicyclic) bond motifs is 3. The molecule has 0 aromatic heterocycles. The Kier molecular flexibility index (Phi) is 8.84. The molecule has 210 valence electrons. The van der Waals surface area contributed by atoms with Crippen LogP contribution in [0.15, 0.2) is 58.5 Å². The van der Waals surface area contributed by atoms with Gasteiger partial charge < -0.3 is 15.4 Å². The maximum atomic E-state index is 13.6. The predicted octanol–water partition coefficient (Wildman–Crippen LogP) is 4.32. The van der Waals surface area contributed by atoms with Crippen LogP contribution in [0.3, 0.4) is 0 Å². The molecule has 0 unspecified atom stereocenters. The van der Waals surface area contributed by atoms with E-state index >= 15 is 0 Å². The zero-order chi connectivity index (χ0) is 28.1. The second-order valence-electron chi connectivity index (χ2n) is 10.2. The van der Waals surface area contributed by atoms with Crippen molar-refractivity contribution in [3.8, 4) is 5.75 Å². The van der Waals surface area contributed by atoms with Crippen molar-refractivity contribution in [3.05, 3.63) is 59.7 Å². The molecule has 1 aliphatic carbocycles. The first-order valence-corrected chi connectivity index (χ1v) is 14.8. The van der Waals surface area contributed by atoms with E-state index in [-0.39, 0.29) is 36.7 Å². The van der Waals surface area contributed by atoms with Gasteiger partial charge in [0, 0.05) is 23.7 Å². The van der Waals surface area contributed by atoms with Gasteiger partial charge >= 0.3 is 0 Å². The molecular weight excluding hydrogens is 526 g/mol. The van der Waals surface area contributed by atoms with Crippen LogP contribution in [0.5, 0.6) is 5.75 Å². The van der Waals surface area contributed by atoms with Crippen molar-refractivity contribution in [1.82, 2.24) is 15.5 Å². The number of hydrogen-bond donors (Lipinski definition) is 2. The van der Waals surface area contributed by atoms with Crippen LogP contribution in [0.25, 0.3) is 0 Å². The minimum absolute atomic E-state index is 0.0293. The smallest absolute Gasteiger partial charge is 0.259 e. The van der Waals surface area contributed by atoms with Crippen LogP contribution >= 0.6 is 11.8 Å². The molecule has 3 aliphatic rings. The number of carbonyl (C=O) groups excluding carboxylic acids is 3. The Balaban J connectivity index is 1.30. The summed E-state index contributed by atoms with van der Waals surface area (Å²) in [6.45, 7) is 2.24. The van der Waals surface area contributed by atoms with Gasteiger partial charge in [0.15, 0.2) is 5.17 Å². The number of para-hydroxylation sites is 2. The van der Waals surface area contributed by atoms with Crippen molar-refractivity contribution in [3.63, 3.8) is 0 Å². The third-order valence-corrected chi connectivity index (χ3v) is 8.77. The zero-order valence-corrected chi connectivity index (χ0v) is 23.7. The molecule has 0 bridgehead atoms. The number of benzene rings is 2. The highest BCUT2D eigenvalue weighted by Gasteiger charge is 2.43. The van der Waals surface area contributed by atoms with Crippen molar-refractivity contribution in [2.24, 2.45) is 9.98 Å². The standard InChI is InChI=1S/C30H35N5O4S/c1-3-25(28(37)32-20-12-5-4-6-13-20)40-30-34-22-15-9-8-14-21(22)27-33-23(29(38)35(27)30)17-26(36)31-18-19-11-7-10-16-24(19)39-2/h7-11,14-16,20,23,25H,3-6,12-13,17-18H2,1-2H3,(H,31,36)(H,32,37)/t23-,25-/m1/s1. The van der Waals surface area contributed by atoms with Crippen LogP contribution in [0.4, 0.5) is 5.69 Å². The molecule has 0 radical (unpaired) electrons. The summed E-state index contributed by atoms with van der Waals surface area (Å²) < 4.78 is 5.36. The van der Waals surface area contributed by atoms with Crippen molar-refractivity contribution >= 4 is 46.2 Å². The Morgan fingerprint density at radius 1 is 1.10 bits per heavy atom. The molecule has 40 heavy (non-hydrogen) atoms. The number of carbonyl (C=O) groups is 3. The Hall–Kier alpha value is -3.66. The minimum atomic E-state index is -0.874. The first-order chi connectivity index (χ1) is 19.5. The number of amides is 3. The number of nitrogens with one attached hydrogen (secondary N) is 2. The molecule has 0 spiro atoms. The van der Waals surface area contributed by atoms with Crippen LogP contribution in [0.2, 0.25) is 0 Å². The topological polar surface area (TPSA) is 112 Å². The highest BCUT2D eigenvalue weighted by Crippen LogP contribution is 2.36. The Bertz CT molecular complexity index is 1340. The fourth-order valence-electron chi connectivity index (χ4n) is 5.30. The maximum Gasteiger partial charge on any atom is 0.259 e. The van der Waals surface area contributed by atoms with E-state index in [0.717, 1.165) is 36.8 Å². The second kappa shape index (κ2) is 12.7. The molecule has 2 aromatic carbocycles. The van der Waals surface area contributed by atoms with Gasteiger partial charge in [-0.1, -0.05) is 68.3 Å². The molecule has 2 aliphatic heterocycles. The summed E-state index contributed by atoms with van der Waals surface area (Å²) in [7, 11) is 1.59. The number of rotatable bonds is 9. The van der Waals surface area contributed by atoms with E-state index in [1.807, 2.05) is 55.5 Å². The van der Waals surface area contributed by atoms with Gasteiger partial charge in [-0.05, 0) is 37.5 Å². The van der Waals surface area contributed by atoms with E-state index in [9.17, 15) is 14.4 Å². The normalized spacial score (nSPS) is 19.2. The number of amidine groups is 2. The molecule has 5 rings (SSSR count). The van der Waals surface area contributed by atoms with Crippen molar-refractivity contribution < 1.29 is 19.1 Å². The average molecular weight is 562 g/mol. The Morgan fingerprint density at radius 2 is 1.85 bits per heavy atom. The third-order valence-electron chi connectivity index (χ3n) is 7.46. The number of methoxy groups -OCH3 is 1. The quantitative estimate of drug-likeness (QED) is 0.474. The molecule has 10 heteroatoms. The zero-order valence-electron chi connectivity index (χ0n) is 22.9. The molecule has 2 N–H and O–H groups in total. The van der Waals surface area contributed by atoms with E-state index in [2.05, 4.69) is 10.6 Å². The highest BCUT2D eigenvalue weighted by molar-refractivity contribution is 8.15. The van der Waals surface area contributed by atoms with Gasteiger partial charge in [-0.3, -0.25) is 19.4 Å². The van der Waals surface area contributed by atoms with Crippen molar-refractivity contribution in [1.29, 1.82) is 0 Å². The molecule has 2 heterocycles. The first kappa shape index (κ1) is 27.9. The maximum absolute atomic E-state index is 13.6. The van der Waals surface area contributed by atoms with Crippen LogP contribution in [-0.2, 0) is 20.9 Å². The number of ether oxygens (including phenoxy) is 1. The number of thioether (sulfide) groups is 1. The number of nitrogens with zero attached hydrogens (tertiary/aromatic N) is 3. The summed E-state index contributed by atoms with van der Waals surface area (Å²) in [5.74, 6) is 0.531. The molecule has 9 nitrogen and oxygen atoms in total. The average Bonchev–Trinajstić information content (AvgIpc) is 3.31. The van der Waals surface area contributed by atoms with Gasteiger partial charge in [0.05, 0.1) is 24.5 Å². The summed E-state index contributed by atoms with van der Waals surface area (Å²) in [4.78, 5) is 50.7. The first-order valence-electron chi connectivity index (χ1n) is 13.9. The van der Waals surface area contributed by atoms with E-state index in [0.29, 0.717) is 28.9 Å². The number of aliphatic imine (C=N–C) groups is 2. The number of hydrogen-bond acceptors (Lipinski definition) is 7. The summed E-state index contributed by atoms with van der Waals surface area (Å²) in [6.07, 6.45) is 5.99. The Morgan fingerprint density at radius 3 is 2.62 bits per heavy atom. The van der Waals surface area contributed by atoms with E-state index in [1.165, 1.54) is 23.1 Å². The minimum Gasteiger partial charge on any atom is -0.496 e. The highest BCUT2D eigenvalue weighted by atomic mass is 32.2. The monoisotopic (exact) mass is 561 g/mol. The Labute approximate surface area is 238 Å². The fourth-order valence-corrected chi connectivity index (χ4v) is 6.32. The van der Waals surface area contributed by atoms with Gasteiger partial charge in [0.2, 0.25) is 11.8 Å². The lowest BCUT2D eigenvalue weighted by Crippen LogP contribution is -2.45. The third kappa shape index (κ3) is 6.06. The lowest BCUT2D eigenvalue weighted by molar-refractivity contribution is -0.128. The molecule has 1 fully saturated rings. The molecule has 3 amide bonds. The lowest BCUT2D eigenvalue weighted by Gasteiger charge is -2.29. The van der Waals surface area contributed by atoms with Crippen molar-refractivity contribution in [2.45, 2.75) is 75.7 Å². The van der Waals surface area contributed by atoms with E-state index < -0.39 is 11.3 Å². The molecule has 0 saturated heterocycles. The van der Waals surface area contributed by atoms with Crippen LogP contribution in [0, 0.1) is 0 Å². The summed E-state index contributed by atoms with van der Waals surface area (Å²) in [5.41, 5.74) is 2.27. The predicted molar refractivity (Wildman–Crippen MR) is 157 cm³/mol. The second-order valence-corrected chi connectivity index (χ2v) is 11.4.